The molecule has 2 aromatic carbocycles. The number of aryl methyl sites for hydroxylation is 1. The van der Waals surface area contributed by atoms with Crippen LogP contribution >= 0.6 is 0 Å². The van der Waals surface area contributed by atoms with Crippen LogP contribution in [-0.4, -0.2) is 6.54 Å². The molecule has 1 atom stereocenters. The molecule has 110 valence electrons. The smallest absolute Gasteiger partial charge is 0.0432 e. The molecule has 0 bridgehead atoms. The summed E-state index contributed by atoms with van der Waals surface area (Å²) in [4.78, 5) is 2.48. The molecular weight excluding hydrogens is 256 g/mol. The average Bonchev–Trinajstić information content (AvgIpc) is 2.76. The molecule has 2 heteroatoms. The maximum absolute atomic E-state index is 6.10. The van der Waals surface area contributed by atoms with E-state index in [4.69, 9.17) is 5.73 Å². The summed E-state index contributed by atoms with van der Waals surface area (Å²) in [5.41, 5.74) is 11.6. The zero-order chi connectivity index (χ0) is 14.7. The van der Waals surface area contributed by atoms with Crippen LogP contribution in [0.3, 0.4) is 0 Å². The second-order valence-electron chi connectivity index (χ2n) is 5.90. The Hall–Kier alpha value is -1.80. The van der Waals surface area contributed by atoms with E-state index in [0.29, 0.717) is 0 Å². The van der Waals surface area contributed by atoms with Crippen molar-refractivity contribution in [2.75, 3.05) is 11.4 Å². The van der Waals surface area contributed by atoms with Crippen molar-refractivity contribution in [3.8, 4) is 0 Å². The van der Waals surface area contributed by atoms with E-state index in [0.717, 1.165) is 19.5 Å². The van der Waals surface area contributed by atoms with Crippen LogP contribution in [0.25, 0.3) is 0 Å². The van der Waals surface area contributed by atoms with Gasteiger partial charge in [-0.25, -0.2) is 0 Å². The number of anilines is 1. The van der Waals surface area contributed by atoms with Gasteiger partial charge in [0.2, 0.25) is 0 Å². The van der Waals surface area contributed by atoms with Gasteiger partial charge in [0.15, 0.2) is 0 Å². The van der Waals surface area contributed by atoms with Gasteiger partial charge in [0.25, 0.3) is 0 Å². The molecule has 0 spiro atoms. The molecule has 2 N–H and O–H groups in total. The van der Waals surface area contributed by atoms with Gasteiger partial charge in [-0.05, 0) is 48.1 Å². The highest BCUT2D eigenvalue weighted by Gasteiger charge is 2.14. The van der Waals surface area contributed by atoms with E-state index in [1.54, 1.807) is 0 Å². The fourth-order valence-electron chi connectivity index (χ4n) is 3.09. The summed E-state index contributed by atoms with van der Waals surface area (Å²) in [6, 6.07) is 17.8. The third kappa shape index (κ3) is 3.11. The van der Waals surface area contributed by atoms with Gasteiger partial charge in [0.1, 0.15) is 0 Å². The SMILES string of the molecule is CCC(N)c1ccc(N2CCCc3ccccc3C2)cc1. The van der Waals surface area contributed by atoms with Gasteiger partial charge in [0.05, 0.1) is 0 Å². The number of rotatable bonds is 3. The van der Waals surface area contributed by atoms with E-state index in [1.807, 2.05) is 0 Å². The van der Waals surface area contributed by atoms with Gasteiger partial charge >= 0.3 is 0 Å². The number of nitrogens with two attached hydrogens (primary N) is 1. The number of hydrogen-bond acceptors (Lipinski definition) is 2. The van der Waals surface area contributed by atoms with E-state index < -0.39 is 0 Å². The Morgan fingerprint density at radius 1 is 1.05 bits per heavy atom. The number of hydrogen-bond donors (Lipinski definition) is 1. The first-order valence-corrected chi connectivity index (χ1v) is 7.95. The molecule has 1 aliphatic heterocycles. The molecule has 0 aromatic heterocycles. The third-order valence-corrected chi connectivity index (χ3v) is 4.48. The summed E-state index contributed by atoms with van der Waals surface area (Å²) in [6.07, 6.45) is 3.38. The Morgan fingerprint density at radius 3 is 2.48 bits per heavy atom. The predicted octanol–water partition coefficient (Wildman–Crippen LogP) is 4.05. The quantitative estimate of drug-likeness (QED) is 0.919. The highest BCUT2D eigenvalue weighted by molar-refractivity contribution is 5.49. The van der Waals surface area contributed by atoms with Crippen LogP contribution in [0.1, 0.15) is 42.5 Å². The lowest BCUT2D eigenvalue weighted by Gasteiger charge is -2.24. The normalized spacial score (nSPS) is 16.2. The van der Waals surface area contributed by atoms with Gasteiger partial charge in [-0.3, -0.25) is 0 Å². The molecule has 1 aliphatic rings. The second kappa shape index (κ2) is 6.31. The van der Waals surface area contributed by atoms with E-state index >= 15 is 0 Å². The minimum Gasteiger partial charge on any atom is -0.367 e. The fourth-order valence-corrected chi connectivity index (χ4v) is 3.09. The highest BCUT2D eigenvalue weighted by atomic mass is 15.1. The first kappa shape index (κ1) is 14.2. The summed E-state index contributed by atoms with van der Waals surface area (Å²) in [7, 11) is 0. The van der Waals surface area contributed by atoms with E-state index in [2.05, 4.69) is 60.4 Å². The Kier molecular flexibility index (Phi) is 4.26. The van der Waals surface area contributed by atoms with Crippen molar-refractivity contribution in [1.29, 1.82) is 0 Å². The minimum atomic E-state index is 0.156. The van der Waals surface area contributed by atoms with Crippen molar-refractivity contribution < 1.29 is 0 Å². The third-order valence-electron chi connectivity index (χ3n) is 4.48. The van der Waals surface area contributed by atoms with Crippen LogP contribution in [0.4, 0.5) is 5.69 Å². The predicted molar refractivity (Wildman–Crippen MR) is 89.5 cm³/mol. The van der Waals surface area contributed by atoms with Crippen molar-refractivity contribution in [2.45, 2.75) is 38.8 Å². The van der Waals surface area contributed by atoms with Crippen LogP contribution in [0.5, 0.6) is 0 Å². The van der Waals surface area contributed by atoms with Gasteiger partial charge < -0.3 is 10.6 Å². The van der Waals surface area contributed by atoms with Gasteiger partial charge in [-0.2, -0.15) is 0 Å². The second-order valence-corrected chi connectivity index (χ2v) is 5.90. The molecule has 1 unspecified atom stereocenters. The van der Waals surface area contributed by atoms with Crippen molar-refractivity contribution in [3.05, 3.63) is 65.2 Å². The number of benzene rings is 2. The Balaban J connectivity index is 1.81. The molecule has 0 amide bonds. The molecule has 2 aromatic rings. The summed E-state index contributed by atoms with van der Waals surface area (Å²) < 4.78 is 0. The topological polar surface area (TPSA) is 29.3 Å². The van der Waals surface area contributed by atoms with Crippen LogP contribution in [0.2, 0.25) is 0 Å². The standard InChI is InChI=1S/C19H24N2/c1-2-19(20)16-9-11-18(12-10-16)21-13-5-8-15-6-3-4-7-17(15)14-21/h3-4,6-7,9-12,19H,2,5,8,13-14,20H2,1H3. The summed E-state index contributed by atoms with van der Waals surface area (Å²) in [5.74, 6) is 0. The molecule has 1 heterocycles. The zero-order valence-corrected chi connectivity index (χ0v) is 12.8. The van der Waals surface area contributed by atoms with Crippen molar-refractivity contribution >= 4 is 5.69 Å². The molecule has 0 saturated carbocycles. The average molecular weight is 280 g/mol. The number of fused-ring (bicyclic) bond motifs is 1. The van der Waals surface area contributed by atoms with E-state index in [9.17, 15) is 0 Å². The van der Waals surface area contributed by atoms with Gasteiger partial charge in [-0.1, -0.05) is 43.3 Å². The Bertz CT molecular complexity index is 589. The monoisotopic (exact) mass is 280 g/mol. The van der Waals surface area contributed by atoms with Crippen LogP contribution in [0.15, 0.2) is 48.5 Å². The van der Waals surface area contributed by atoms with Crippen LogP contribution in [0, 0.1) is 0 Å². The van der Waals surface area contributed by atoms with Gasteiger partial charge in [-0.15, -0.1) is 0 Å². The first-order chi connectivity index (χ1) is 10.3. The van der Waals surface area contributed by atoms with Crippen LogP contribution < -0.4 is 10.6 Å². The summed E-state index contributed by atoms with van der Waals surface area (Å²) in [6.45, 7) is 4.26. The molecule has 0 radical (unpaired) electrons. The Morgan fingerprint density at radius 2 is 1.76 bits per heavy atom. The first-order valence-electron chi connectivity index (χ1n) is 7.95. The summed E-state index contributed by atoms with van der Waals surface area (Å²) in [5, 5.41) is 0. The lowest BCUT2D eigenvalue weighted by atomic mass is 10.0. The lowest BCUT2D eigenvalue weighted by Crippen LogP contribution is -2.22. The maximum atomic E-state index is 6.10. The molecule has 21 heavy (non-hydrogen) atoms. The van der Waals surface area contributed by atoms with Crippen LogP contribution in [-0.2, 0) is 13.0 Å². The molecule has 0 saturated heterocycles. The molecule has 3 rings (SSSR count). The summed E-state index contributed by atoms with van der Waals surface area (Å²) >= 11 is 0. The zero-order valence-electron chi connectivity index (χ0n) is 12.8. The lowest BCUT2D eigenvalue weighted by molar-refractivity contribution is 0.698. The Labute approximate surface area is 127 Å². The van der Waals surface area contributed by atoms with E-state index in [1.165, 1.54) is 35.2 Å². The van der Waals surface area contributed by atoms with E-state index in [-0.39, 0.29) is 6.04 Å². The van der Waals surface area contributed by atoms with Gasteiger partial charge in [0, 0.05) is 24.8 Å². The number of nitrogens with zero attached hydrogens (tertiary/aromatic N) is 1. The van der Waals surface area contributed by atoms with Crippen molar-refractivity contribution in [2.24, 2.45) is 5.73 Å². The molecular formula is C19H24N2. The molecule has 0 aliphatic carbocycles. The highest BCUT2D eigenvalue weighted by Crippen LogP contribution is 2.25. The molecule has 0 fully saturated rings. The minimum absolute atomic E-state index is 0.156. The maximum Gasteiger partial charge on any atom is 0.0432 e. The van der Waals surface area contributed by atoms with Crippen molar-refractivity contribution in [3.63, 3.8) is 0 Å². The largest absolute Gasteiger partial charge is 0.367 e. The molecule has 2 nitrogen and oxygen atoms in total. The fraction of sp³-hybridized carbons (Fsp3) is 0.368. The van der Waals surface area contributed by atoms with Crippen molar-refractivity contribution in [1.82, 2.24) is 0 Å².